The molecule has 2 aromatic carbocycles. The number of ether oxygens (including phenoxy) is 2. The van der Waals surface area contributed by atoms with Gasteiger partial charge in [0, 0.05) is 10.6 Å². The second-order valence-corrected chi connectivity index (χ2v) is 5.15. The van der Waals surface area contributed by atoms with E-state index < -0.39 is 0 Å². The fourth-order valence-corrected chi connectivity index (χ4v) is 2.13. The van der Waals surface area contributed by atoms with Crippen LogP contribution in [0.3, 0.4) is 0 Å². The summed E-state index contributed by atoms with van der Waals surface area (Å²) in [6, 6.07) is 13.8. The molecule has 0 aliphatic heterocycles. The lowest BCUT2D eigenvalue weighted by atomic mass is 10.3. The Kier molecular flexibility index (Phi) is 6.15. The van der Waals surface area contributed by atoms with Crippen LogP contribution >= 0.6 is 11.8 Å². The first-order valence-electron chi connectivity index (χ1n) is 6.69. The molecule has 0 saturated carbocycles. The number of benzene rings is 2. The first-order chi connectivity index (χ1) is 11.2. The van der Waals surface area contributed by atoms with E-state index in [4.69, 9.17) is 14.7 Å². The van der Waals surface area contributed by atoms with Crippen molar-refractivity contribution in [1.29, 1.82) is 5.26 Å². The Morgan fingerprint density at radius 2 is 1.87 bits per heavy atom. The fourth-order valence-electron chi connectivity index (χ4n) is 1.75. The van der Waals surface area contributed by atoms with Crippen LogP contribution in [0, 0.1) is 10.7 Å². The lowest BCUT2D eigenvalue weighted by Gasteiger charge is -2.11. The number of hydrogen-bond donors (Lipinski definition) is 2. The lowest BCUT2D eigenvalue weighted by Crippen LogP contribution is -2.32. The number of thioether (sulfide) groups is 1. The van der Waals surface area contributed by atoms with Gasteiger partial charge in [-0.05, 0) is 48.2 Å². The van der Waals surface area contributed by atoms with Crippen molar-refractivity contribution in [2.75, 3.05) is 19.2 Å². The molecule has 118 valence electrons. The molecular weight excluding hydrogens is 314 g/mol. The standard InChI is InChI=1S/C16H15N3O3S/c1-21-14-4-2-3-5-15(14)22-11-18-16(20)19-12-6-8-13(9-7-12)23-10-17/h2-9H,11H2,1H3,(H2,18,19,20). The normalized spacial score (nSPS) is 9.57. The van der Waals surface area contributed by atoms with Crippen LogP contribution in [0.25, 0.3) is 0 Å². The Labute approximate surface area is 138 Å². The number of urea groups is 1. The summed E-state index contributed by atoms with van der Waals surface area (Å²) in [5.74, 6) is 1.15. The third kappa shape index (κ3) is 5.13. The molecule has 0 aliphatic carbocycles. The fraction of sp³-hybridized carbons (Fsp3) is 0.125. The summed E-state index contributed by atoms with van der Waals surface area (Å²) in [6.07, 6.45) is 0. The molecule has 0 heterocycles. The summed E-state index contributed by atoms with van der Waals surface area (Å²) in [4.78, 5) is 12.6. The molecule has 0 atom stereocenters. The summed E-state index contributed by atoms with van der Waals surface area (Å²) in [6.45, 7) is 0.00851. The SMILES string of the molecule is COc1ccccc1OCNC(=O)Nc1ccc(SC#N)cc1. The van der Waals surface area contributed by atoms with E-state index in [0.29, 0.717) is 17.2 Å². The molecule has 7 heteroatoms. The topological polar surface area (TPSA) is 83.4 Å². The smallest absolute Gasteiger partial charge is 0.321 e. The Balaban J connectivity index is 1.80. The highest BCUT2D eigenvalue weighted by Crippen LogP contribution is 2.25. The van der Waals surface area contributed by atoms with Crippen molar-refractivity contribution < 1.29 is 14.3 Å². The predicted octanol–water partition coefficient (Wildman–Crippen LogP) is 3.43. The first-order valence-corrected chi connectivity index (χ1v) is 7.51. The van der Waals surface area contributed by atoms with E-state index in [2.05, 4.69) is 10.6 Å². The number of methoxy groups -OCH3 is 1. The highest BCUT2D eigenvalue weighted by atomic mass is 32.2. The van der Waals surface area contributed by atoms with Crippen LogP contribution in [0.15, 0.2) is 53.4 Å². The number of rotatable bonds is 6. The molecular formula is C16H15N3O3S. The van der Waals surface area contributed by atoms with Gasteiger partial charge < -0.3 is 20.1 Å². The van der Waals surface area contributed by atoms with Gasteiger partial charge in [-0.25, -0.2) is 4.79 Å². The minimum atomic E-state index is -0.388. The highest BCUT2D eigenvalue weighted by molar-refractivity contribution is 8.03. The number of para-hydroxylation sites is 2. The van der Waals surface area contributed by atoms with Crippen LogP contribution in [0.5, 0.6) is 11.5 Å². The Bertz CT molecular complexity index is 698. The zero-order chi connectivity index (χ0) is 16.5. The molecule has 0 aliphatic rings. The quantitative estimate of drug-likeness (QED) is 0.482. The zero-order valence-corrected chi connectivity index (χ0v) is 13.2. The first kappa shape index (κ1) is 16.5. The van der Waals surface area contributed by atoms with Gasteiger partial charge in [-0.15, -0.1) is 0 Å². The summed E-state index contributed by atoms with van der Waals surface area (Å²) in [5, 5.41) is 15.8. The summed E-state index contributed by atoms with van der Waals surface area (Å²) in [7, 11) is 1.55. The molecule has 0 unspecified atom stereocenters. The molecule has 0 radical (unpaired) electrons. The zero-order valence-electron chi connectivity index (χ0n) is 12.4. The Morgan fingerprint density at radius 1 is 1.17 bits per heavy atom. The van der Waals surface area contributed by atoms with Crippen LogP contribution in [0.4, 0.5) is 10.5 Å². The van der Waals surface area contributed by atoms with Crippen molar-refractivity contribution in [3.05, 3.63) is 48.5 Å². The predicted molar refractivity (Wildman–Crippen MR) is 88.6 cm³/mol. The number of anilines is 1. The van der Waals surface area contributed by atoms with Gasteiger partial charge >= 0.3 is 6.03 Å². The average molecular weight is 329 g/mol. The summed E-state index contributed by atoms with van der Waals surface area (Å²) >= 11 is 1.06. The van der Waals surface area contributed by atoms with E-state index in [1.807, 2.05) is 17.5 Å². The second-order valence-electron chi connectivity index (χ2n) is 4.29. The monoisotopic (exact) mass is 329 g/mol. The maximum atomic E-state index is 11.8. The number of nitrogens with zero attached hydrogens (tertiary/aromatic N) is 1. The van der Waals surface area contributed by atoms with Crippen molar-refractivity contribution >= 4 is 23.5 Å². The van der Waals surface area contributed by atoms with Crippen LogP contribution < -0.4 is 20.1 Å². The van der Waals surface area contributed by atoms with Crippen molar-refractivity contribution in [1.82, 2.24) is 5.32 Å². The number of hydrogen-bond acceptors (Lipinski definition) is 5. The van der Waals surface area contributed by atoms with Gasteiger partial charge in [-0.2, -0.15) is 5.26 Å². The van der Waals surface area contributed by atoms with Crippen molar-refractivity contribution in [3.63, 3.8) is 0 Å². The van der Waals surface area contributed by atoms with Gasteiger partial charge in [0.05, 0.1) is 7.11 Å². The van der Waals surface area contributed by atoms with Crippen molar-refractivity contribution in [2.24, 2.45) is 0 Å². The third-order valence-corrected chi connectivity index (χ3v) is 3.40. The number of thiocyanates is 1. The minimum Gasteiger partial charge on any atom is -0.493 e. The molecule has 2 aromatic rings. The molecule has 0 aromatic heterocycles. The molecule has 0 fully saturated rings. The van der Waals surface area contributed by atoms with Crippen molar-refractivity contribution in [2.45, 2.75) is 4.90 Å². The summed E-state index contributed by atoms with van der Waals surface area (Å²) in [5.41, 5.74) is 0.627. The molecule has 23 heavy (non-hydrogen) atoms. The molecule has 2 amide bonds. The van der Waals surface area contributed by atoms with Crippen LogP contribution in [-0.4, -0.2) is 19.9 Å². The largest absolute Gasteiger partial charge is 0.493 e. The maximum absolute atomic E-state index is 11.8. The van der Waals surface area contributed by atoms with Crippen LogP contribution in [0.1, 0.15) is 0 Å². The van der Waals surface area contributed by atoms with Crippen molar-refractivity contribution in [3.8, 4) is 16.9 Å². The van der Waals surface area contributed by atoms with Gasteiger partial charge in [-0.1, -0.05) is 12.1 Å². The minimum absolute atomic E-state index is 0.00851. The molecule has 6 nitrogen and oxygen atoms in total. The van der Waals surface area contributed by atoms with Gasteiger partial charge in [0.2, 0.25) is 0 Å². The maximum Gasteiger partial charge on any atom is 0.321 e. The van der Waals surface area contributed by atoms with Gasteiger partial charge in [0.15, 0.2) is 18.2 Å². The van der Waals surface area contributed by atoms with E-state index in [1.165, 1.54) is 0 Å². The number of carbonyl (C=O) groups excluding carboxylic acids is 1. The van der Waals surface area contributed by atoms with E-state index in [0.717, 1.165) is 16.7 Å². The number of amides is 2. The third-order valence-electron chi connectivity index (χ3n) is 2.81. The van der Waals surface area contributed by atoms with Gasteiger partial charge in [0.1, 0.15) is 5.40 Å². The van der Waals surface area contributed by atoms with Gasteiger partial charge in [-0.3, -0.25) is 0 Å². The van der Waals surface area contributed by atoms with E-state index in [9.17, 15) is 4.79 Å². The molecule has 0 bridgehead atoms. The van der Waals surface area contributed by atoms with Gasteiger partial charge in [0.25, 0.3) is 0 Å². The van der Waals surface area contributed by atoms with Crippen LogP contribution in [-0.2, 0) is 0 Å². The van der Waals surface area contributed by atoms with E-state index >= 15 is 0 Å². The van der Waals surface area contributed by atoms with E-state index in [-0.39, 0.29) is 12.8 Å². The number of nitrogens with one attached hydrogen (secondary N) is 2. The molecule has 2 rings (SSSR count). The number of nitriles is 1. The van der Waals surface area contributed by atoms with E-state index in [1.54, 1.807) is 43.5 Å². The lowest BCUT2D eigenvalue weighted by molar-refractivity contribution is 0.231. The summed E-state index contributed by atoms with van der Waals surface area (Å²) < 4.78 is 10.6. The molecule has 0 saturated heterocycles. The Hall–Kier alpha value is -2.85. The molecule has 2 N–H and O–H groups in total. The van der Waals surface area contributed by atoms with Crippen LogP contribution in [0.2, 0.25) is 0 Å². The molecule has 0 spiro atoms. The highest BCUT2D eigenvalue weighted by Gasteiger charge is 2.04. The Morgan fingerprint density at radius 3 is 2.52 bits per heavy atom. The second kappa shape index (κ2) is 8.56. The average Bonchev–Trinajstić information content (AvgIpc) is 2.57. The number of carbonyl (C=O) groups is 1.